The number of hydrogen-bond donors (Lipinski definition) is 2. The van der Waals surface area contributed by atoms with Gasteiger partial charge in [0.25, 0.3) is 0 Å². The Bertz CT molecular complexity index is 527. The molecule has 15 heavy (non-hydrogen) atoms. The third-order valence-electron chi connectivity index (χ3n) is 2.09. The van der Waals surface area contributed by atoms with Crippen LogP contribution in [0.4, 0.5) is 11.4 Å². The number of halogens is 1. The van der Waals surface area contributed by atoms with Crippen molar-refractivity contribution in [3.05, 3.63) is 28.9 Å². The van der Waals surface area contributed by atoms with Gasteiger partial charge in [-0.1, -0.05) is 15.9 Å². The number of carbonyl (C=O) groups excluding carboxylic acids is 1. The van der Waals surface area contributed by atoms with Gasteiger partial charge in [-0.25, -0.2) is 0 Å². The molecule has 1 aromatic carbocycles. The van der Waals surface area contributed by atoms with Crippen LogP contribution < -0.4 is 11.1 Å². The van der Waals surface area contributed by atoms with Crippen LogP contribution in [0.1, 0.15) is 0 Å². The van der Waals surface area contributed by atoms with E-state index in [0.717, 1.165) is 15.4 Å². The molecule has 3 N–H and O–H groups in total. The summed E-state index contributed by atoms with van der Waals surface area (Å²) in [5, 5.41) is 3.33. The summed E-state index contributed by atoms with van der Waals surface area (Å²) in [5.41, 5.74) is 7.72. The number of pyridine rings is 1. The van der Waals surface area contributed by atoms with E-state index in [1.807, 2.05) is 18.2 Å². The fourth-order valence-corrected chi connectivity index (χ4v) is 1.72. The van der Waals surface area contributed by atoms with Crippen LogP contribution in [0, 0.1) is 0 Å². The summed E-state index contributed by atoms with van der Waals surface area (Å²) in [6, 6.07) is 5.61. The van der Waals surface area contributed by atoms with Gasteiger partial charge in [-0.15, -0.1) is 0 Å². The topological polar surface area (TPSA) is 68.0 Å². The second-order valence-electron chi connectivity index (χ2n) is 3.01. The van der Waals surface area contributed by atoms with Crippen molar-refractivity contribution in [3.63, 3.8) is 0 Å². The maximum absolute atomic E-state index is 10.3. The summed E-state index contributed by atoms with van der Waals surface area (Å²) >= 11 is 3.35. The minimum absolute atomic E-state index is 0.527. The van der Waals surface area contributed by atoms with Crippen molar-refractivity contribution in [1.82, 2.24) is 4.98 Å². The maximum Gasteiger partial charge on any atom is 0.211 e. The first kappa shape index (κ1) is 9.92. The number of amides is 1. The molecule has 1 heterocycles. The second-order valence-corrected chi connectivity index (χ2v) is 3.92. The van der Waals surface area contributed by atoms with E-state index < -0.39 is 0 Å². The highest BCUT2D eigenvalue weighted by Crippen LogP contribution is 2.28. The Morgan fingerprint density at radius 1 is 1.47 bits per heavy atom. The SMILES string of the molecule is Nc1c(NC=O)cnc2cc(Br)ccc12. The summed E-state index contributed by atoms with van der Waals surface area (Å²) in [6.07, 6.45) is 2.12. The molecule has 2 rings (SSSR count). The molecule has 4 nitrogen and oxygen atoms in total. The number of rotatable bonds is 2. The molecule has 1 amide bonds. The van der Waals surface area contributed by atoms with Crippen LogP contribution in [-0.2, 0) is 4.79 Å². The molecular formula is C10H8BrN3O. The van der Waals surface area contributed by atoms with E-state index in [2.05, 4.69) is 26.2 Å². The normalized spacial score (nSPS) is 10.2. The molecular weight excluding hydrogens is 258 g/mol. The Kier molecular flexibility index (Phi) is 2.55. The molecule has 0 fully saturated rings. The summed E-state index contributed by atoms with van der Waals surface area (Å²) in [6.45, 7) is 0. The molecule has 0 saturated heterocycles. The second kappa shape index (κ2) is 3.86. The largest absolute Gasteiger partial charge is 0.396 e. The van der Waals surface area contributed by atoms with E-state index in [4.69, 9.17) is 5.73 Å². The van der Waals surface area contributed by atoms with Gasteiger partial charge in [0.05, 0.1) is 23.1 Å². The van der Waals surface area contributed by atoms with E-state index in [1.165, 1.54) is 0 Å². The fraction of sp³-hybridized carbons (Fsp3) is 0. The van der Waals surface area contributed by atoms with Crippen molar-refractivity contribution in [2.75, 3.05) is 11.1 Å². The van der Waals surface area contributed by atoms with Gasteiger partial charge >= 0.3 is 0 Å². The number of nitrogen functional groups attached to an aromatic ring is 1. The molecule has 1 aromatic heterocycles. The fourth-order valence-electron chi connectivity index (χ4n) is 1.37. The van der Waals surface area contributed by atoms with Crippen molar-refractivity contribution in [2.45, 2.75) is 0 Å². The molecule has 0 aliphatic carbocycles. The van der Waals surface area contributed by atoms with E-state index in [-0.39, 0.29) is 0 Å². The van der Waals surface area contributed by atoms with Crippen LogP contribution in [0.5, 0.6) is 0 Å². The van der Waals surface area contributed by atoms with Crippen LogP contribution in [-0.4, -0.2) is 11.4 Å². The zero-order valence-electron chi connectivity index (χ0n) is 7.70. The number of anilines is 2. The van der Waals surface area contributed by atoms with Crippen molar-refractivity contribution >= 4 is 44.6 Å². The highest BCUT2D eigenvalue weighted by atomic mass is 79.9. The Morgan fingerprint density at radius 2 is 2.27 bits per heavy atom. The molecule has 2 aromatic rings. The average Bonchev–Trinajstić information content (AvgIpc) is 2.22. The van der Waals surface area contributed by atoms with Crippen LogP contribution in [0.3, 0.4) is 0 Å². The first-order valence-electron chi connectivity index (χ1n) is 4.26. The summed E-state index contributed by atoms with van der Waals surface area (Å²) in [4.78, 5) is 14.5. The van der Waals surface area contributed by atoms with Crippen molar-refractivity contribution in [3.8, 4) is 0 Å². The first-order chi connectivity index (χ1) is 7.22. The van der Waals surface area contributed by atoms with Crippen LogP contribution in [0.15, 0.2) is 28.9 Å². The van der Waals surface area contributed by atoms with Crippen LogP contribution in [0.2, 0.25) is 0 Å². The molecule has 76 valence electrons. The Hall–Kier alpha value is -1.62. The van der Waals surface area contributed by atoms with Crippen LogP contribution >= 0.6 is 15.9 Å². The Labute approximate surface area is 94.6 Å². The minimum Gasteiger partial charge on any atom is -0.396 e. The van der Waals surface area contributed by atoms with Gasteiger partial charge in [0, 0.05) is 9.86 Å². The Morgan fingerprint density at radius 3 is 3.00 bits per heavy atom. The smallest absolute Gasteiger partial charge is 0.211 e. The number of hydrogen-bond acceptors (Lipinski definition) is 3. The lowest BCUT2D eigenvalue weighted by Crippen LogP contribution is -2.00. The van der Waals surface area contributed by atoms with E-state index in [9.17, 15) is 4.79 Å². The maximum atomic E-state index is 10.3. The molecule has 0 aliphatic heterocycles. The standard InChI is InChI=1S/C10H8BrN3O/c11-6-1-2-7-8(3-6)13-4-9(10(7)12)14-5-15/h1-5H,(H2,12,13)(H,14,15). The van der Waals surface area contributed by atoms with Crippen molar-refractivity contribution < 1.29 is 4.79 Å². The Balaban J connectivity index is 2.68. The van der Waals surface area contributed by atoms with Gasteiger partial charge < -0.3 is 11.1 Å². The molecule has 0 atom stereocenters. The molecule has 0 radical (unpaired) electrons. The zero-order valence-corrected chi connectivity index (χ0v) is 9.28. The van der Waals surface area contributed by atoms with Gasteiger partial charge in [0.1, 0.15) is 0 Å². The lowest BCUT2D eigenvalue weighted by atomic mass is 10.2. The predicted molar refractivity (Wildman–Crippen MR) is 63.5 cm³/mol. The molecule has 0 bridgehead atoms. The van der Waals surface area contributed by atoms with Crippen LogP contribution in [0.25, 0.3) is 10.9 Å². The highest BCUT2D eigenvalue weighted by Gasteiger charge is 2.04. The number of fused-ring (bicyclic) bond motifs is 1. The average molecular weight is 266 g/mol. The molecule has 0 unspecified atom stereocenters. The molecule has 0 spiro atoms. The van der Waals surface area contributed by atoms with E-state index >= 15 is 0 Å². The van der Waals surface area contributed by atoms with Crippen molar-refractivity contribution in [2.24, 2.45) is 0 Å². The lowest BCUT2D eigenvalue weighted by Gasteiger charge is -2.06. The molecule has 0 saturated carbocycles. The molecule has 5 heteroatoms. The predicted octanol–water partition coefficient (Wildman–Crippen LogP) is 2.15. The monoisotopic (exact) mass is 265 g/mol. The van der Waals surface area contributed by atoms with E-state index in [1.54, 1.807) is 6.20 Å². The third-order valence-corrected chi connectivity index (χ3v) is 2.58. The van der Waals surface area contributed by atoms with Gasteiger partial charge in [-0.05, 0) is 18.2 Å². The minimum atomic E-state index is 0.527. The number of benzene rings is 1. The van der Waals surface area contributed by atoms with Gasteiger partial charge in [-0.2, -0.15) is 0 Å². The van der Waals surface area contributed by atoms with E-state index in [0.29, 0.717) is 17.8 Å². The number of nitrogens with zero attached hydrogens (tertiary/aromatic N) is 1. The highest BCUT2D eigenvalue weighted by molar-refractivity contribution is 9.10. The third kappa shape index (κ3) is 1.78. The summed E-state index contributed by atoms with van der Waals surface area (Å²) in [7, 11) is 0. The van der Waals surface area contributed by atoms with Gasteiger partial charge in [0.2, 0.25) is 6.41 Å². The first-order valence-corrected chi connectivity index (χ1v) is 5.05. The number of carbonyl (C=O) groups is 1. The lowest BCUT2D eigenvalue weighted by molar-refractivity contribution is -0.105. The zero-order chi connectivity index (χ0) is 10.8. The quantitative estimate of drug-likeness (QED) is 0.818. The molecule has 0 aliphatic rings. The summed E-state index contributed by atoms with van der Waals surface area (Å²) in [5.74, 6) is 0. The number of nitrogens with two attached hydrogens (primary N) is 1. The summed E-state index contributed by atoms with van der Waals surface area (Å²) < 4.78 is 0.943. The van der Waals surface area contributed by atoms with Crippen molar-refractivity contribution in [1.29, 1.82) is 0 Å². The number of aromatic nitrogens is 1. The van der Waals surface area contributed by atoms with Gasteiger partial charge in [-0.3, -0.25) is 9.78 Å². The van der Waals surface area contributed by atoms with Gasteiger partial charge in [0.15, 0.2) is 0 Å². The number of nitrogens with one attached hydrogen (secondary N) is 1.